The SMILES string of the molecule is CCc1ccc(CC)c(CNC(=O)CN(c2ccccc2CC)S(C)(=O)=O)c1. The Bertz CT molecular complexity index is 923. The summed E-state index contributed by atoms with van der Waals surface area (Å²) in [6.07, 6.45) is 3.63. The van der Waals surface area contributed by atoms with Gasteiger partial charge in [-0.15, -0.1) is 0 Å². The highest BCUT2D eigenvalue weighted by molar-refractivity contribution is 7.92. The third kappa shape index (κ3) is 5.58. The first-order chi connectivity index (χ1) is 13.3. The quantitative estimate of drug-likeness (QED) is 0.699. The number of rotatable bonds is 9. The summed E-state index contributed by atoms with van der Waals surface area (Å²) in [5, 5.41) is 2.89. The molecule has 0 saturated carbocycles. The van der Waals surface area contributed by atoms with Crippen molar-refractivity contribution in [3.05, 3.63) is 64.7 Å². The molecule has 6 heteroatoms. The Labute approximate surface area is 168 Å². The molecule has 0 radical (unpaired) electrons. The monoisotopic (exact) mass is 402 g/mol. The highest BCUT2D eigenvalue weighted by atomic mass is 32.2. The van der Waals surface area contributed by atoms with Crippen LogP contribution in [-0.2, 0) is 40.6 Å². The number of amides is 1. The van der Waals surface area contributed by atoms with Gasteiger partial charge >= 0.3 is 0 Å². The lowest BCUT2D eigenvalue weighted by Crippen LogP contribution is -2.40. The highest BCUT2D eigenvalue weighted by Gasteiger charge is 2.22. The Morgan fingerprint density at radius 3 is 2.21 bits per heavy atom. The minimum absolute atomic E-state index is 0.231. The topological polar surface area (TPSA) is 66.5 Å². The normalized spacial score (nSPS) is 11.3. The highest BCUT2D eigenvalue weighted by Crippen LogP contribution is 2.23. The maximum Gasteiger partial charge on any atom is 0.241 e. The molecule has 2 aromatic carbocycles. The number of hydrogen-bond donors (Lipinski definition) is 1. The molecule has 0 unspecified atom stereocenters. The van der Waals surface area contributed by atoms with Crippen LogP contribution in [0, 0.1) is 0 Å². The smallest absolute Gasteiger partial charge is 0.241 e. The van der Waals surface area contributed by atoms with E-state index in [4.69, 9.17) is 0 Å². The van der Waals surface area contributed by atoms with Crippen molar-refractivity contribution in [1.82, 2.24) is 5.32 Å². The van der Waals surface area contributed by atoms with Gasteiger partial charge in [-0.1, -0.05) is 57.2 Å². The molecule has 152 valence electrons. The summed E-state index contributed by atoms with van der Waals surface area (Å²) in [6.45, 7) is 6.30. The van der Waals surface area contributed by atoms with Gasteiger partial charge in [-0.3, -0.25) is 9.10 Å². The minimum Gasteiger partial charge on any atom is -0.350 e. The first-order valence-electron chi connectivity index (χ1n) is 9.73. The molecule has 1 amide bonds. The summed E-state index contributed by atoms with van der Waals surface area (Å²) in [5.41, 5.74) is 4.94. The van der Waals surface area contributed by atoms with Crippen molar-refractivity contribution in [3.63, 3.8) is 0 Å². The molecular formula is C22H30N2O3S. The van der Waals surface area contributed by atoms with Gasteiger partial charge in [-0.2, -0.15) is 0 Å². The van der Waals surface area contributed by atoms with Gasteiger partial charge in [-0.25, -0.2) is 8.42 Å². The van der Waals surface area contributed by atoms with Crippen molar-refractivity contribution < 1.29 is 13.2 Å². The number of para-hydroxylation sites is 1. The zero-order chi connectivity index (χ0) is 20.7. The number of carbonyl (C=O) groups is 1. The maximum absolute atomic E-state index is 12.6. The number of anilines is 1. The zero-order valence-corrected chi connectivity index (χ0v) is 18.0. The summed E-state index contributed by atoms with van der Waals surface area (Å²) in [4.78, 5) is 12.6. The van der Waals surface area contributed by atoms with E-state index in [9.17, 15) is 13.2 Å². The molecule has 0 heterocycles. The number of nitrogens with zero attached hydrogens (tertiary/aromatic N) is 1. The van der Waals surface area contributed by atoms with Crippen LogP contribution >= 0.6 is 0 Å². The molecule has 0 spiro atoms. The molecule has 0 saturated heterocycles. The number of aryl methyl sites for hydroxylation is 3. The Morgan fingerprint density at radius 1 is 0.929 bits per heavy atom. The largest absolute Gasteiger partial charge is 0.350 e. The predicted octanol–water partition coefficient (Wildman–Crippen LogP) is 3.46. The fourth-order valence-electron chi connectivity index (χ4n) is 3.22. The van der Waals surface area contributed by atoms with Gasteiger partial charge in [0.05, 0.1) is 11.9 Å². The van der Waals surface area contributed by atoms with E-state index in [1.807, 2.05) is 19.1 Å². The van der Waals surface area contributed by atoms with E-state index in [1.54, 1.807) is 12.1 Å². The molecule has 2 rings (SSSR count). The molecular weight excluding hydrogens is 372 g/mol. The molecule has 1 N–H and O–H groups in total. The third-order valence-corrected chi connectivity index (χ3v) is 5.99. The van der Waals surface area contributed by atoms with Crippen LogP contribution in [0.25, 0.3) is 0 Å². The van der Waals surface area contributed by atoms with E-state index in [1.165, 1.54) is 15.4 Å². The Balaban J connectivity index is 2.17. The van der Waals surface area contributed by atoms with Crippen molar-refractivity contribution in [1.29, 1.82) is 0 Å². The Hall–Kier alpha value is -2.34. The molecule has 0 aliphatic carbocycles. The van der Waals surface area contributed by atoms with Gasteiger partial charge in [0.1, 0.15) is 6.54 Å². The first-order valence-corrected chi connectivity index (χ1v) is 11.6. The lowest BCUT2D eigenvalue weighted by Gasteiger charge is -2.24. The molecule has 28 heavy (non-hydrogen) atoms. The van der Waals surface area contributed by atoms with E-state index in [-0.39, 0.29) is 12.5 Å². The van der Waals surface area contributed by atoms with Crippen LogP contribution in [-0.4, -0.2) is 27.1 Å². The Morgan fingerprint density at radius 2 is 1.61 bits per heavy atom. The molecule has 2 aromatic rings. The predicted molar refractivity (Wildman–Crippen MR) is 115 cm³/mol. The van der Waals surface area contributed by atoms with Gasteiger partial charge < -0.3 is 5.32 Å². The molecule has 5 nitrogen and oxygen atoms in total. The molecule has 0 atom stereocenters. The van der Waals surface area contributed by atoms with Crippen LogP contribution in [0.15, 0.2) is 42.5 Å². The van der Waals surface area contributed by atoms with E-state index in [0.717, 1.165) is 30.2 Å². The molecule has 0 fully saturated rings. The van der Waals surface area contributed by atoms with Crippen LogP contribution < -0.4 is 9.62 Å². The lowest BCUT2D eigenvalue weighted by molar-refractivity contribution is -0.119. The summed E-state index contributed by atoms with van der Waals surface area (Å²) in [5.74, 6) is -0.319. The van der Waals surface area contributed by atoms with E-state index in [0.29, 0.717) is 18.7 Å². The van der Waals surface area contributed by atoms with Gasteiger partial charge in [0.2, 0.25) is 15.9 Å². The summed E-state index contributed by atoms with van der Waals surface area (Å²) in [6, 6.07) is 13.6. The average Bonchev–Trinajstić information content (AvgIpc) is 2.69. The first kappa shape index (κ1) is 22.0. The Kier molecular flexibility index (Phi) is 7.63. The van der Waals surface area contributed by atoms with E-state index < -0.39 is 10.0 Å². The van der Waals surface area contributed by atoms with Crippen LogP contribution in [0.4, 0.5) is 5.69 Å². The van der Waals surface area contributed by atoms with Crippen LogP contribution in [0.5, 0.6) is 0 Å². The van der Waals surface area contributed by atoms with Gasteiger partial charge in [0, 0.05) is 6.54 Å². The van der Waals surface area contributed by atoms with Gasteiger partial charge in [-0.05, 0) is 47.6 Å². The standard InChI is InChI=1S/C22H30N2O3S/c1-5-17-12-13-18(6-2)20(14-17)15-23-22(25)16-24(28(4,26)27)21-11-9-8-10-19(21)7-3/h8-14H,5-7,15-16H2,1-4H3,(H,23,25). The van der Waals surface area contributed by atoms with Gasteiger partial charge in [0.15, 0.2) is 0 Å². The van der Waals surface area contributed by atoms with Crippen LogP contribution in [0.3, 0.4) is 0 Å². The average molecular weight is 403 g/mol. The van der Waals surface area contributed by atoms with E-state index in [2.05, 4.69) is 37.4 Å². The lowest BCUT2D eigenvalue weighted by atomic mass is 10.0. The number of nitrogens with one attached hydrogen (secondary N) is 1. The maximum atomic E-state index is 12.6. The van der Waals surface area contributed by atoms with Crippen LogP contribution in [0.2, 0.25) is 0 Å². The fraction of sp³-hybridized carbons (Fsp3) is 0.409. The number of sulfonamides is 1. The van der Waals surface area contributed by atoms with Crippen molar-refractivity contribution in [2.75, 3.05) is 17.1 Å². The molecule has 0 aromatic heterocycles. The van der Waals surface area contributed by atoms with Crippen molar-refractivity contribution >= 4 is 21.6 Å². The number of benzene rings is 2. The second kappa shape index (κ2) is 9.73. The summed E-state index contributed by atoms with van der Waals surface area (Å²) >= 11 is 0. The third-order valence-electron chi connectivity index (χ3n) is 4.86. The van der Waals surface area contributed by atoms with Gasteiger partial charge in [0.25, 0.3) is 0 Å². The number of hydrogen-bond acceptors (Lipinski definition) is 3. The zero-order valence-electron chi connectivity index (χ0n) is 17.2. The molecule has 0 bridgehead atoms. The van der Waals surface area contributed by atoms with E-state index >= 15 is 0 Å². The fourth-order valence-corrected chi connectivity index (χ4v) is 4.11. The molecule has 0 aliphatic heterocycles. The molecule has 0 aliphatic rings. The minimum atomic E-state index is -3.58. The van der Waals surface area contributed by atoms with Crippen LogP contribution in [0.1, 0.15) is 43.0 Å². The second-order valence-electron chi connectivity index (χ2n) is 6.84. The second-order valence-corrected chi connectivity index (χ2v) is 8.75. The van der Waals surface area contributed by atoms with Crippen molar-refractivity contribution in [3.8, 4) is 0 Å². The number of carbonyl (C=O) groups excluding carboxylic acids is 1. The van der Waals surface area contributed by atoms with Crippen molar-refractivity contribution in [2.45, 2.75) is 46.6 Å². The van der Waals surface area contributed by atoms with Crippen molar-refractivity contribution in [2.24, 2.45) is 0 Å². The summed E-state index contributed by atoms with van der Waals surface area (Å²) < 4.78 is 25.9. The summed E-state index contributed by atoms with van der Waals surface area (Å²) in [7, 11) is -3.58.